The highest BCUT2D eigenvalue weighted by atomic mass is 16.5. The molecule has 1 aliphatic rings. The van der Waals surface area contributed by atoms with Gasteiger partial charge in [0.05, 0.1) is 12.2 Å². The van der Waals surface area contributed by atoms with E-state index < -0.39 is 0 Å². The van der Waals surface area contributed by atoms with Gasteiger partial charge in [0.15, 0.2) is 5.82 Å². The molecular formula is C17H21N7O. The molecule has 0 aromatic carbocycles. The van der Waals surface area contributed by atoms with Gasteiger partial charge in [0.2, 0.25) is 5.88 Å². The Morgan fingerprint density at radius 3 is 2.92 bits per heavy atom. The van der Waals surface area contributed by atoms with Crippen molar-refractivity contribution in [2.24, 2.45) is 7.05 Å². The van der Waals surface area contributed by atoms with E-state index in [1.807, 2.05) is 36.1 Å². The fourth-order valence-corrected chi connectivity index (χ4v) is 3.17. The second-order valence-electron chi connectivity index (χ2n) is 6.25. The van der Waals surface area contributed by atoms with Gasteiger partial charge in [-0.2, -0.15) is 5.10 Å². The van der Waals surface area contributed by atoms with Gasteiger partial charge in [0.25, 0.3) is 0 Å². The van der Waals surface area contributed by atoms with Gasteiger partial charge in [-0.1, -0.05) is 6.07 Å². The quantitative estimate of drug-likeness (QED) is 0.702. The first-order chi connectivity index (χ1) is 12.2. The van der Waals surface area contributed by atoms with Crippen LogP contribution in [0.15, 0.2) is 36.8 Å². The van der Waals surface area contributed by atoms with Crippen molar-refractivity contribution in [2.45, 2.75) is 32.7 Å². The largest absolute Gasteiger partial charge is 0.469 e. The molecule has 0 bridgehead atoms. The molecule has 0 N–H and O–H groups in total. The third-order valence-electron chi connectivity index (χ3n) is 4.52. The number of pyridine rings is 1. The van der Waals surface area contributed by atoms with E-state index in [1.165, 1.54) is 5.56 Å². The Kier molecular flexibility index (Phi) is 4.19. The number of aromatic nitrogens is 6. The maximum absolute atomic E-state index is 5.72. The Morgan fingerprint density at radius 1 is 1.24 bits per heavy atom. The molecule has 0 aliphatic carbocycles. The minimum atomic E-state index is 0.199. The van der Waals surface area contributed by atoms with E-state index in [-0.39, 0.29) is 6.04 Å². The van der Waals surface area contributed by atoms with Crippen LogP contribution in [0.2, 0.25) is 0 Å². The molecule has 25 heavy (non-hydrogen) atoms. The van der Waals surface area contributed by atoms with E-state index >= 15 is 0 Å². The number of hydrogen-bond acceptors (Lipinski definition) is 6. The average molecular weight is 339 g/mol. The lowest BCUT2D eigenvalue weighted by molar-refractivity contribution is 0.152. The molecule has 4 heterocycles. The summed E-state index contributed by atoms with van der Waals surface area (Å²) in [6.07, 6.45) is 5.68. The Labute approximate surface area is 146 Å². The SMILES string of the molecule is C[C@@H]1c2nnc(COc3ccccn3)n2CCN1Cc1cnn(C)c1. The van der Waals surface area contributed by atoms with Crippen molar-refractivity contribution in [3.63, 3.8) is 0 Å². The summed E-state index contributed by atoms with van der Waals surface area (Å²) in [5.41, 5.74) is 1.21. The molecule has 130 valence electrons. The number of rotatable bonds is 5. The first kappa shape index (κ1) is 15.8. The van der Waals surface area contributed by atoms with Gasteiger partial charge in [0, 0.05) is 50.7 Å². The van der Waals surface area contributed by atoms with Crippen LogP contribution in [0.25, 0.3) is 0 Å². The van der Waals surface area contributed by atoms with Crippen molar-refractivity contribution in [2.75, 3.05) is 6.54 Å². The van der Waals surface area contributed by atoms with E-state index in [9.17, 15) is 0 Å². The van der Waals surface area contributed by atoms with Gasteiger partial charge in [-0.05, 0) is 13.0 Å². The zero-order valence-corrected chi connectivity index (χ0v) is 14.4. The van der Waals surface area contributed by atoms with E-state index in [0.717, 1.165) is 31.3 Å². The number of aryl methyl sites for hydroxylation is 1. The third kappa shape index (κ3) is 3.25. The molecule has 0 saturated carbocycles. The molecule has 0 spiro atoms. The molecule has 8 nitrogen and oxygen atoms in total. The zero-order valence-electron chi connectivity index (χ0n) is 14.4. The van der Waals surface area contributed by atoms with Gasteiger partial charge in [-0.15, -0.1) is 10.2 Å². The highest BCUT2D eigenvalue weighted by Crippen LogP contribution is 2.26. The summed E-state index contributed by atoms with van der Waals surface area (Å²) in [5.74, 6) is 2.42. The lowest BCUT2D eigenvalue weighted by Crippen LogP contribution is -2.37. The van der Waals surface area contributed by atoms with E-state index in [1.54, 1.807) is 6.20 Å². The third-order valence-corrected chi connectivity index (χ3v) is 4.52. The van der Waals surface area contributed by atoms with Gasteiger partial charge in [0.1, 0.15) is 12.4 Å². The minimum Gasteiger partial charge on any atom is -0.469 e. The van der Waals surface area contributed by atoms with E-state index in [0.29, 0.717) is 12.5 Å². The molecule has 4 rings (SSSR count). The van der Waals surface area contributed by atoms with Crippen LogP contribution in [0, 0.1) is 0 Å². The molecule has 1 aliphatic heterocycles. The number of nitrogens with zero attached hydrogens (tertiary/aromatic N) is 7. The zero-order chi connectivity index (χ0) is 17.2. The highest BCUT2D eigenvalue weighted by Gasteiger charge is 2.28. The van der Waals surface area contributed by atoms with Crippen LogP contribution in [-0.4, -0.2) is 41.0 Å². The summed E-state index contributed by atoms with van der Waals surface area (Å²) >= 11 is 0. The van der Waals surface area contributed by atoms with Crippen molar-refractivity contribution in [1.82, 2.24) is 34.4 Å². The lowest BCUT2D eigenvalue weighted by atomic mass is 10.2. The van der Waals surface area contributed by atoms with Gasteiger partial charge >= 0.3 is 0 Å². The summed E-state index contributed by atoms with van der Waals surface area (Å²) in [6, 6.07) is 5.81. The number of fused-ring (bicyclic) bond motifs is 1. The normalized spacial score (nSPS) is 17.4. The molecule has 0 amide bonds. The average Bonchev–Trinajstić information content (AvgIpc) is 3.23. The van der Waals surface area contributed by atoms with Gasteiger partial charge in [-0.25, -0.2) is 4.98 Å². The molecule has 3 aromatic rings. The standard InChI is InChI=1S/C17H21N7O/c1-13-17-21-20-15(12-25-16-5-3-4-6-18-16)24(17)8-7-23(13)11-14-9-19-22(2)10-14/h3-6,9-10,13H,7-8,11-12H2,1-2H3/t13-/m1/s1. The van der Waals surface area contributed by atoms with Gasteiger partial charge in [-0.3, -0.25) is 9.58 Å². The molecule has 3 aromatic heterocycles. The van der Waals surface area contributed by atoms with Crippen molar-refractivity contribution in [1.29, 1.82) is 0 Å². The van der Waals surface area contributed by atoms with Crippen LogP contribution < -0.4 is 4.74 Å². The fraction of sp³-hybridized carbons (Fsp3) is 0.412. The van der Waals surface area contributed by atoms with Crippen LogP contribution in [0.5, 0.6) is 5.88 Å². The van der Waals surface area contributed by atoms with Crippen LogP contribution in [-0.2, 0) is 26.7 Å². The maximum Gasteiger partial charge on any atom is 0.213 e. The summed E-state index contributed by atoms with van der Waals surface area (Å²) in [5, 5.41) is 13.0. The topological polar surface area (TPSA) is 73.9 Å². The molecule has 0 fully saturated rings. The smallest absolute Gasteiger partial charge is 0.213 e. The van der Waals surface area contributed by atoms with Crippen LogP contribution in [0.1, 0.15) is 30.2 Å². The second-order valence-corrected chi connectivity index (χ2v) is 6.25. The highest BCUT2D eigenvalue weighted by molar-refractivity contribution is 5.11. The van der Waals surface area contributed by atoms with Crippen LogP contribution >= 0.6 is 0 Å². The van der Waals surface area contributed by atoms with Crippen molar-refractivity contribution in [3.8, 4) is 5.88 Å². The molecule has 0 radical (unpaired) electrons. The second kappa shape index (κ2) is 6.64. The molecule has 0 saturated heterocycles. The van der Waals surface area contributed by atoms with Crippen LogP contribution in [0.4, 0.5) is 0 Å². The van der Waals surface area contributed by atoms with E-state index in [2.05, 4.69) is 42.9 Å². The number of ether oxygens (including phenoxy) is 1. The van der Waals surface area contributed by atoms with E-state index in [4.69, 9.17) is 4.74 Å². The van der Waals surface area contributed by atoms with Crippen molar-refractivity contribution >= 4 is 0 Å². The molecule has 0 unspecified atom stereocenters. The molecule has 8 heteroatoms. The van der Waals surface area contributed by atoms with Gasteiger partial charge < -0.3 is 9.30 Å². The number of hydrogen-bond donors (Lipinski definition) is 0. The first-order valence-electron chi connectivity index (χ1n) is 8.38. The Bertz CT molecular complexity index is 842. The Hall–Kier alpha value is -2.74. The Morgan fingerprint density at radius 2 is 2.16 bits per heavy atom. The molecular weight excluding hydrogens is 318 g/mol. The first-order valence-corrected chi connectivity index (χ1v) is 8.38. The summed E-state index contributed by atoms with van der Waals surface area (Å²) in [4.78, 5) is 6.56. The maximum atomic E-state index is 5.72. The Balaban J connectivity index is 1.45. The monoisotopic (exact) mass is 339 g/mol. The lowest BCUT2D eigenvalue weighted by Gasteiger charge is -2.33. The van der Waals surface area contributed by atoms with Crippen molar-refractivity contribution in [3.05, 3.63) is 54.0 Å². The van der Waals surface area contributed by atoms with Crippen molar-refractivity contribution < 1.29 is 4.74 Å². The fourth-order valence-electron chi connectivity index (χ4n) is 3.17. The predicted molar refractivity (Wildman–Crippen MR) is 90.6 cm³/mol. The van der Waals surface area contributed by atoms with Crippen LogP contribution in [0.3, 0.4) is 0 Å². The summed E-state index contributed by atoms with van der Waals surface area (Å²) in [7, 11) is 1.94. The minimum absolute atomic E-state index is 0.199. The summed E-state index contributed by atoms with van der Waals surface area (Å²) in [6.45, 7) is 5.20. The predicted octanol–water partition coefficient (Wildman–Crippen LogP) is 1.56. The molecule has 1 atom stereocenters. The summed E-state index contributed by atoms with van der Waals surface area (Å²) < 4.78 is 9.71.